The SMILES string of the molecule is COc1cc(/C=N\NC(=O)c2ccccc2-n2cccc2)cc(I)c1OCc1ccc(C)cc1. The molecule has 0 aliphatic heterocycles. The van der Waals surface area contributed by atoms with Crippen molar-refractivity contribution in [3.05, 3.63) is 111 Å². The number of amides is 1. The molecule has 172 valence electrons. The number of hydrogen-bond acceptors (Lipinski definition) is 4. The van der Waals surface area contributed by atoms with Gasteiger partial charge in [-0.25, -0.2) is 5.43 Å². The van der Waals surface area contributed by atoms with E-state index < -0.39 is 0 Å². The highest BCUT2D eigenvalue weighted by molar-refractivity contribution is 14.1. The zero-order chi connectivity index (χ0) is 23.9. The summed E-state index contributed by atoms with van der Waals surface area (Å²) in [6.45, 7) is 2.50. The number of methoxy groups -OCH3 is 1. The van der Waals surface area contributed by atoms with Crippen molar-refractivity contribution in [1.29, 1.82) is 0 Å². The highest BCUT2D eigenvalue weighted by Gasteiger charge is 2.13. The van der Waals surface area contributed by atoms with Crippen molar-refractivity contribution >= 4 is 34.7 Å². The zero-order valence-corrected chi connectivity index (χ0v) is 21.0. The number of nitrogens with one attached hydrogen (secondary N) is 1. The van der Waals surface area contributed by atoms with Gasteiger partial charge in [0.05, 0.1) is 28.1 Å². The molecule has 0 bridgehead atoms. The van der Waals surface area contributed by atoms with Crippen molar-refractivity contribution in [3.63, 3.8) is 0 Å². The summed E-state index contributed by atoms with van der Waals surface area (Å²) in [5.74, 6) is 0.982. The summed E-state index contributed by atoms with van der Waals surface area (Å²) in [5.41, 5.74) is 7.00. The Kier molecular flexibility index (Phi) is 7.64. The molecule has 4 aromatic rings. The van der Waals surface area contributed by atoms with E-state index in [4.69, 9.17) is 9.47 Å². The Morgan fingerprint density at radius 1 is 1.06 bits per heavy atom. The maximum atomic E-state index is 12.8. The molecular weight excluding hydrogens is 541 g/mol. The third kappa shape index (κ3) is 5.66. The molecule has 4 rings (SSSR count). The van der Waals surface area contributed by atoms with Gasteiger partial charge in [-0.15, -0.1) is 0 Å². The van der Waals surface area contributed by atoms with Gasteiger partial charge >= 0.3 is 0 Å². The van der Waals surface area contributed by atoms with Gasteiger partial charge in [-0.3, -0.25) is 4.79 Å². The van der Waals surface area contributed by atoms with Crippen LogP contribution < -0.4 is 14.9 Å². The second-order valence-electron chi connectivity index (χ2n) is 7.61. The molecule has 1 N–H and O–H groups in total. The van der Waals surface area contributed by atoms with Crippen molar-refractivity contribution in [2.45, 2.75) is 13.5 Å². The molecule has 0 fully saturated rings. The third-order valence-electron chi connectivity index (χ3n) is 5.17. The largest absolute Gasteiger partial charge is 0.493 e. The summed E-state index contributed by atoms with van der Waals surface area (Å²) < 4.78 is 14.4. The van der Waals surface area contributed by atoms with E-state index in [2.05, 4.69) is 52.2 Å². The van der Waals surface area contributed by atoms with Crippen molar-refractivity contribution in [2.24, 2.45) is 5.10 Å². The molecule has 6 nitrogen and oxygen atoms in total. The number of rotatable bonds is 8. The molecule has 0 unspecified atom stereocenters. The Bertz CT molecular complexity index is 1300. The number of aromatic nitrogens is 1. The van der Waals surface area contributed by atoms with Crippen LogP contribution in [0.2, 0.25) is 0 Å². The first-order valence-electron chi connectivity index (χ1n) is 10.7. The fraction of sp³-hybridized carbons (Fsp3) is 0.111. The lowest BCUT2D eigenvalue weighted by molar-refractivity contribution is 0.0955. The molecule has 34 heavy (non-hydrogen) atoms. The molecule has 0 saturated heterocycles. The van der Waals surface area contributed by atoms with Gasteiger partial charge in [0.1, 0.15) is 6.61 Å². The highest BCUT2D eigenvalue weighted by Crippen LogP contribution is 2.34. The van der Waals surface area contributed by atoms with E-state index >= 15 is 0 Å². The van der Waals surface area contributed by atoms with E-state index in [1.165, 1.54) is 5.56 Å². The topological polar surface area (TPSA) is 64.8 Å². The molecule has 7 heteroatoms. The second kappa shape index (κ2) is 11.0. The number of carbonyl (C=O) groups excluding carboxylic acids is 1. The molecule has 1 amide bonds. The Balaban J connectivity index is 1.46. The molecule has 1 heterocycles. The molecule has 0 spiro atoms. The van der Waals surface area contributed by atoms with Crippen LogP contribution in [0.25, 0.3) is 5.69 Å². The first-order valence-corrected chi connectivity index (χ1v) is 11.7. The van der Waals surface area contributed by atoms with E-state index in [-0.39, 0.29) is 5.91 Å². The molecular formula is C27H24IN3O3. The number of hydrogen-bond donors (Lipinski definition) is 1. The standard InChI is InChI=1S/C27H24IN3O3/c1-19-9-11-20(12-10-19)18-34-26-23(28)15-21(16-25(26)33-2)17-29-30-27(32)22-7-3-4-8-24(22)31-13-5-6-14-31/h3-17H,18H2,1-2H3,(H,30,32)/b29-17-. The minimum absolute atomic E-state index is 0.291. The monoisotopic (exact) mass is 565 g/mol. The van der Waals surface area contributed by atoms with Crippen LogP contribution in [0.15, 0.2) is 90.3 Å². The molecule has 0 atom stereocenters. The van der Waals surface area contributed by atoms with Crippen molar-refractivity contribution < 1.29 is 14.3 Å². The van der Waals surface area contributed by atoms with Crippen LogP contribution in [0.4, 0.5) is 0 Å². The van der Waals surface area contributed by atoms with Crippen molar-refractivity contribution in [1.82, 2.24) is 9.99 Å². The number of halogens is 1. The molecule has 3 aromatic carbocycles. The summed E-state index contributed by atoms with van der Waals surface area (Å²) in [5, 5.41) is 4.15. The zero-order valence-electron chi connectivity index (χ0n) is 18.9. The van der Waals surface area contributed by atoms with Gasteiger partial charge < -0.3 is 14.0 Å². The summed E-state index contributed by atoms with van der Waals surface area (Å²) in [6, 6.07) is 23.2. The molecule has 0 saturated carbocycles. The van der Waals surface area contributed by atoms with Crippen LogP contribution in [0.1, 0.15) is 27.0 Å². The molecule has 0 radical (unpaired) electrons. The second-order valence-corrected chi connectivity index (χ2v) is 8.78. The first-order chi connectivity index (χ1) is 16.5. The Labute approximate surface area is 212 Å². The Morgan fingerprint density at radius 2 is 1.79 bits per heavy atom. The number of nitrogens with zero attached hydrogens (tertiary/aromatic N) is 2. The van der Waals surface area contributed by atoms with Gasteiger partial charge in [0, 0.05) is 12.4 Å². The van der Waals surface area contributed by atoms with Gasteiger partial charge in [-0.05, 0) is 77.0 Å². The number of benzene rings is 3. The Hall–Kier alpha value is -3.59. The van der Waals surface area contributed by atoms with Crippen LogP contribution in [-0.2, 0) is 6.61 Å². The normalized spacial score (nSPS) is 10.9. The average Bonchev–Trinajstić information content (AvgIpc) is 3.39. The molecule has 0 aliphatic carbocycles. The number of hydrazone groups is 1. The minimum atomic E-state index is -0.291. The van der Waals surface area contributed by atoms with Gasteiger partial charge in [-0.1, -0.05) is 42.0 Å². The smallest absolute Gasteiger partial charge is 0.273 e. The maximum absolute atomic E-state index is 12.8. The lowest BCUT2D eigenvalue weighted by Crippen LogP contribution is -2.19. The predicted molar refractivity (Wildman–Crippen MR) is 142 cm³/mol. The number of para-hydroxylation sites is 1. The lowest BCUT2D eigenvalue weighted by Gasteiger charge is -2.14. The summed E-state index contributed by atoms with van der Waals surface area (Å²) in [7, 11) is 1.60. The van der Waals surface area contributed by atoms with Gasteiger partial charge in [0.15, 0.2) is 11.5 Å². The number of aryl methyl sites for hydroxylation is 1. The van der Waals surface area contributed by atoms with Crippen LogP contribution in [0.3, 0.4) is 0 Å². The van der Waals surface area contributed by atoms with E-state index in [9.17, 15) is 4.79 Å². The summed E-state index contributed by atoms with van der Waals surface area (Å²) in [6.07, 6.45) is 5.38. The summed E-state index contributed by atoms with van der Waals surface area (Å²) in [4.78, 5) is 12.8. The fourth-order valence-electron chi connectivity index (χ4n) is 3.41. The molecule has 1 aromatic heterocycles. The van der Waals surface area contributed by atoms with Crippen LogP contribution >= 0.6 is 22.6 Å². The van der Waals surface area contributed by atoms with Gasteiger partial charge in [-0.2, -0.15) is 5.10 Å². The van der Waals surface area contributed by atoms with Crippen LogP contribution in [0, 0.1) is 10.5 Å². The quantitative estimate of drug-likeness (QED) is 0.168. The van der Waals surface area contributed by atoms with Crippen molar-refractivity contribution in [2.75, 3.05) is 7.11 Å². The summed E-state index contributed by atoms with van der Waals surface area (Å²) >= 11 is 2.21. The third-order valence-corrected chi connectivity index (χ3v) is 5.97. The van der Waals surface area contributed by atoms with Crippen LogP contribution in [-0.4, -0.2) is 23.8 Å². The lowest BCUT2D eigenvalue weighted by atomic mass is 10.1. The average molecular weight is 565 g/mol. The van der Waals surface area contributed by atoms with Gasteiger partial charge in [0.2, 0.25) is 0 Å². The number of carbonyl (C=O) groups is 1. The fourth-order valence-corrected chi connectivity index (χ4v) is 4.19. The predicted octanol–water partition coefficient (Wildman–Crippen LogP) is 5.74. The van der Waals surface area contributed by atoms with E-state index in [1.807, 2.05) is 71.6 Å². The number of ether oxygens (including phenoxy) is 2. The van der Waals surface area contributed by atoms with E-state index in [0.717, 1.165) is 20.4 Å². The van der Waals surface area contributed by atoms with Crippen LogP contribution in [0.5, 0.6) is 11.5 Å². The first kappa shape index (κ1) is 23.6. The Morgan fingerprint density at radius 3 is 2.53 bits per heavy atom. The highest BCUT2D eigenvalue weighted by atomic mass is 127. The maximum Gasteiger partial charge on any atom is 0.273 e. The van der Waals surface area contributed by atoms with E-state index in [1.54, 1.807) is 19.4 Å². The van der Waals surface area contributed by atoms with E-state index in [0.29, 0.717) is 23.7 Å². The minimum Gasteiger partial charge on any atom is -0.493 e. The van der Waals surface area contributed by atoms with Gasteiger partial charge in [0.25, 0.3) is 5.91 Å². The molecule has 0 aliphatic rings. The van der Waals surface area contributed by atoms with Crippen molar-refractivity contribution in [3.8, 4) is 17.2 Å².